The quantitative estimate of drug-likeness (QED) is 0.721. The third kappa shape index (κ3) is 3.81. The molecule has 5 heteroatoms. The topological polar surface area (TPSA) is 54.9 Å². The average Bonchev–Trinajstić information content (AvgIpc) is 2.67. The second-order valence-corrected chi connectivity index (χ2v) is 6.02. The molecule has 1 N–H and O–H groups in total. The molecule has 4 nitrogen and oxygen atoms in total. The monoisotopic (exact) mass is 335 g/mol. The first kappa shape index (κ1) is 16.2. The van der Waals surface area contributed by atoms with Crippen molar-refractivity contribution in [2.24, 2.45) is 0 Å². The van der Waals surface area contributed by atoms with Gasteiger partial charge < -0.3 is 5.32 Å². The van der Waals surface area contributed by atoms with Crippen LogP contribution in [0.1, 0.15) is 15.9 Å². The number of benzene rings is 1. The summed E-state index contributed by atoms with van der Waals surface area (Å²) in [7, 11) is 0. The molecule has 0 unspecified atom stereocenters. The average molecular weight is 335 g/mol. The van der Waals surface area contributed by atoms with E-state index in [-0.39, 0.29) is 5.91 Å². The van der Waals surface area contributed by atoms with Crippen molar-refractivity contribution in [3.05, 3.63) is 78.2 Å². The van der Waals surface area contributed by atoms with Crippen LogP contribution < -0.4 is 5.32 Å². The third-order valence-corrected chi connectivity index (χ3v) is 4.38. The molecule has 24 heavy (non-hydrogen) atoms. The van der Waals surface area contributed by atoms with E-state index in [0.717, 1.165) is 21.7 Å². The first-order valence-electron chi connectivity index (χ1n) is 7.54. The molecule has 2 heterocycles. The number of pyridine rings is 2. The Morgan fingerprint density at radius 2 is 1.96 bits per heavy atom. The Balaban J connectivity index is 1.66. The van der Waals surface area contributed by atoms with Crippen molar-refractivity contribution in [2.75, 3.05) is 6.26 Å². The summed E-state index contributed by atoms with van der Waals surface area (Å²) in [5.74, 6) is -0.0729. The van der Waals surface area contributed by atoms with Crippen molar-refractivity contribution in [1.29, 1.82) is 0 Å². The summed E-state index contributed by atoms with van der Waals surface area (Å²) >= 11 is 1.57. The van der Waals surface area contributed by atoms with Gasteiger partial charge in [-0.1, -0.05) is 18.2 Å². The van der Waals surface area contributed by atoms with E-state index in [1.165, 1.54) is 0 Å². The predicted octanol–water partition coefficient (Wildman–Crippen LogP) is 3.80. The summed E-state index contributed by atoms with van der Waals surface area (Å²) in [6.07, 6.45) is 7.26. The van der Waals surface area contributed by atoms with Crippen molar-refractivity contribution in [3.8, 4) is 11.3 Å². The minimum atomic E-state index is -0.0729. The number of carbonyl (C=O) groups excluding carboxylic acids is 1. The Morgan fingerprint density at radius 3 is 2.67 bits per heavy atom. The first-order chi connectivity index (χ1) is 11.8. The van der Waals surface area contributed by atoms with E-state index in [4.69, 9.17) is 0 Å². The lowest BCUT2D eigenvalue weighted by atomic mass is 10.1. The summed E-state index contributed by atoms with van der Waals surface area (Å²) < 4.78 is 0. The Morgan fingerprint density at radius 1 is 1.08 bits per heavy atom. The van der Waals surface area contributed by atoms with Crippen LogP contribution in [-0.4, -0.2) is 22.1 Å². The van der Waals surface area contributed by atoms with Crippen molar-refractivity contribution < 1.29 is 4.79 Å². The van der Waals surface area contributed by atoms with Crippen molar-refractivity contribution in [2.45, 2.75) is 11.4 Å². The zero-order valence-corrected chi connectivity index (χ0v) is 14.1. The normalized spacial score (nSPS) is 10.4. The van der Waals surface area contributed by atoms with Gasteiger partial charge in [-0.25, -0.2) is 0 Å². The number of aromatic nitrogens is 2. The van der Waals surface area contributed by atoms with E-state index in [2.05, 4.69) is 15.3 Å². The molecule has 3 aromatic rings. The van der Waals surface area contributed by atoms with Gasteiger partial charge in [-0.3, -0.25) is 14.8 Å². The lowest BCUT2D eigenvalue weighted by Gasteiger charge is -2.09. The second kappa shape index (κ2) is 7.75. The van der Waals surface area contributed by atoms with E-state index in [0.29, 0.717) is 12.1 Å². The molecule has 1 aromatic carbocycles. The zero-order valence-electron chi connectivity index (χ0n) is 13.3. The highest BCUT2D eigenvalue weighted by atomic mass is 32.2. The number of nitrogens with zero attached hydrogens (tertiary/aromatic N) is 2. The van der Waals surface area contributed by atoms with Crippen LogP contribution in [-0.2, 0) is 6.54 Å². The molecule has 2 aromatic heterocycles. The summed E-state index contributed by atoms with van der Waals surface area (Å²) in [6, 6.07) is 15.4. The van der Waals surface area contributed by atoms with Gasteiger partial charge in [0.05, 0.1) is 11.3 Å². The van der Waals surface area contributed by atoms with Crippen LogP contribution in [0.25, 0.3) is 11.3 Å². The Bertz CT molecular complexity index is 820. The SMILES string of the molecule is CSc1ccccc1C(=O)NCc1ccc(-c2cccnc2)nc1. The number of carbonyl (C=O) groups is 1. The van der Waals surface area contributed by atoms with Gasteiger partial charge >= 0.3 is 0 Å². The molecule has 0 saturated carbocycles. The standard InChI is InChI=1S/C19H17N3OS/c1-24-18-7-3-2-6-16(18)19(23)22-12-14-8-9-17(21-11-14)15-5-4-10-20-13-15/h2-11,13H,12H2,1H3,(H,22,23). The lowest BCUT2D eigenvalue weighted by molar-refractivity contribution is 0.0948. The highest BCUT2D eigenvalue weighted by Gasteiger charge is 2.10. The molecule has 0 saturated heterocycles. The van der Waals surface area contributed by atoms with Crippen LogP contribution in [0.3, 0.4) is 0 Å². The third-order valence-electron chi connectivity index (χ3n) is 3.59. The van der Waals surface area contributed by atoms with Crippen LogP contribution in [0.2, 0.25) is 0 Å². The van der Waals surface area contributed by atoms with Gasteiger partial charge in [-0.2, -0.15) is 0 Å². The molecule has 0 atom stereocenters. The zero-order chi connectivity index (χ0) is 16.8. The van der Waals surface area contributed by atoms with Crippen LogP contribution in [0.15, 0.2) is 72.0 Å². The summed E-state index contributed by atoms with van der Waals surface area (Å²) in [5.41, 5.74) is 3.50. The maximum Gasteiger partial charge on any atom is 0.252 e. The predicted molar refractivity (Wildman–Crippen MR) is 96.9 cm³/mol. The molecule has 1 amide bonds. The van der Waals surface area contributed by atoms with Gasteiger partial charge in [0.25, 0.3) is 5.91 Å². The van der Waals surface area contributed by atoms with E-state index in [9.17, 15) is 4.79 Å². The van der Waals surface area contributed by atoms with Gasteiger partial charge in [-0.05, 0) is 42.2 Å². The van der Waals surface area contributed by atoms with Gasteiger partial charge in [0.1, 0.15) is 0 Å². The van der Waals surface area contributed by atoms with E-state index in [1.807, 2.05) is 54.8 Å². The molecular formula is C19H17N3OS. The number of nitrogens with one attached hydrogen (secondary N) is 1. The number of rotatable bonds is 5. The summed E-state index contributed by atoms with van der Waals surface area (Å²) in [4.78, 5) is 21.8. The minimum Gasteiger partial charge on any atom is -0.348 e. The lowest BCUT2D eigenvalue weighted by Crippen LogP contribution is -2.23. The van der Waals surface area contributed by atoms with Gasteiger partial charge in [0.15, 0.2) is 0 Å². The Kier molecular flexibility index (Phi) is 5.23. The van der Waals surface area contributed by atoms with E-state index >= 15 is 0 Å². The van der Waals surface area contributed by atoms with Gasteiger partial charge in [0, 0.05) is 35.6 Å². The van der Waals surface area contributed by atoms with Crippen molar-refractivity contribution >= 4 is 17.7 Å². The molecule has 0 aliphatic carbocycles. The molecule has 0 bridgehead atoms. The molecule has 0 spiro atoms. The van der Waals surface area contributed by atoms with E-state index < -0.39 is 0 Å². The molecule has 0 radical (unpaired) electrons. The molecule has 3 rings (SSSR count). The number of hydrogen-bond acceptors (Lipinski definition) is 4. The van der Waals surface area contributed by atoms with E-state index in [1.54, 1.807) is 30.4 Å². The van der Waals surface area contributed by atoms with Crippen LogP contribution >= 0.6 is 11.8 Å². The summed E-state index contributed by atoms with van der Waals surface area (Å²) in [5, 5.41) is 2.94. The Hall–Kier alpha value is -2.66. The minimum absolute atomic E-state index is 0.0729. The first-order valence-corrected chi connectivity index (χ1v) is 8.77. The molecule has 0 aliphatic rings. The maximum absolute atomic E-state index is 12.3. The summed E-state index contributed by atoms with van der Waals surface area (Å²) in [6.45, 7) is 0.446. The Labute approximate surface area is 145 Å². The van der Waals surface area contributed by atoms with Crippen molar-refractivity contribution in [3.63, 3.8) is 0 Å². The second-order valence-electron chi connectivity index (χ2n) is 5.18. The molecule has 0 aliphatic heterocycles. The number of amides is 1. The van der Waals surface area contributed by atoms with Crippen LogP contribution in [0.4, 0.5) is 0 Å². The molecular weight excluding hydrogens is 318 g/mol. The largest absolute Gasteiger partial charge is 0.348 e. The molecule has 120 valence electrons. The highest BCUT2D eigenvalue weighted by Crippen LogP contribution is 2.20. The fourth-order valence-electron chi connectivity index (χ4n) is 2.32. The molecule has 0 fully saturated rings. The maximum atomic E-state index is 12.3. The van der Waals surface area contributed by atoms with Crippen molar-refractivity contribution in [1.82, 2.24) is 15.3 Å². The number of hydrogen-bond donors (Lipinski definition) is 1. The van der Waals surface area contributed by atoms with Gasteiger partial charge in [0.2, 0.25) is 0 Å². The van der Waals surface area contributed by atoms with Crippen LogP contribution in [0.5, 0.6) is 0 Å². The number of thioether (sulfide) groups is 1. The van der Waals surface area contributed by atoms with Gasteiger partial charge in [-0.15, -0.1) is 11.8 Å². The fraction of sp³-hybridized carbons (Fsp3) is 0.105. The highest BCUT2D eigenvalue weighted by molar-refractivity contribution is 7.98. The van der Waals surface area contributed by atoms with Crippen LogP contribution in [0, 0.1) is 0 Å². The smallest absolute Gasteiger partial charge is 0.252 e. The fourth-order valence-corrected chi connectivity index (χ4v) is 2.92.